The summed E-state index contributed by atoms with van der Waals surface area (Å²) in [6.45, 7) is 1.92. The molecule has 0 saturated carbocycles. The van der Waals surface area contributed by atoms with Gasteiger partial charge in [-0.3, -0.25) is 4.79 Å². The molecule has 2 aromatic rings. The molecule has 0 radical (unpaired) electrons. The van der Waals surface area contributed by atoms with Crippen LogP contribution in [0.1, 0.15) is 23.2 Å². The average molecular weight is 369 g/mol. The molecule has 1 aliphatic heterocycles. The molecule has 3 rings (SSSR count). The van der Waals surface area contributed by atoms with E-state index in [0.717, 1.165) is 24.2 Å². The number of Topliss-reactive ketones (excluding diaryl/α,β-unsaturated/α-hetero) is 1. The number of hydrogen-bond donors (Lipinski definition) is 1. The summed E-state index contributed by atoms with van der Waals surface area (Å²) in [6, 6.07) is 19.6. The van der Waals surface area contributed by atoms with Crippen molar-refractivity contribution in [2.24, 2.45) is 5.92 Å². The van der Waals surface area contributed by atoms with E-state index < -0.39 is 0 Å². The molecular weight excluding hydrogens is 344 g/mol. The zero-order valence-electron chi connectivity index (χ0n) is 14.8. The minimum absolute atomic E-state index is 0.0232. The molecule has 2 aromatic carbocycles. The average Bonchev–Trinajstić information content (AvgIpc) is 2.72. The number of rotatable bonds is 6. The van der Waals surface area contributed by atoms with Crippen molar-refractivity contribution in [3.8, 4) is 0 Å². The van der Waals surface area contributed by atoms with E-state index in [0.29, 0.717) is 19.6 Å². The summed E-state index contributed by atoms with van der Waals surface area (Å²) in [5, 5.41) is 2.98. The van der Waals surface area contributed by atoms with Crippen LogP contribution in [0.4, 0.5) is 4.79 Å². The Kier molecular flexibility index (Phi) is 6.72. The third kappa shape index (κ3) is 5.11. The molecule has 26 heavy (non-hydrogen) atoms. The van der Waals surface area contributed by atoms with Gasteiger partial charge in [0.25, 0.3) is 0 Å². The molecule has 0 unspecified atom stereocenters. The number of amides is 2. The first-order valence-electron chi connectivity index (χ1n) is 9.04. The van der Waals surface area contributed by atoms with Crippen LogP contribution in [0.15, 0.2) is 65.6 Å². The summed E-state index contributed by atoms with van der Waals surface area (Å²) in [6.07, 6.45) is 1.47. The molecule has 5 heteroatoms. The van der Waals surface area contributed by atoms with Crippen LogP contribution in [-0.4, -0.2) is 42.1 Å². The summed E-state index contributed by atoms with van der Waals surface area (Å²) < 4.78 is 0. The Morgan fingerprint density at radius 2 is 1.58 bits per heavy atom. The molecule has 0 aromatic heterocycles. The number of nitrogens with one attached hydrogen (secondary N) is 1. The van der Waals surface area contributed by atoms with E-state index in [1.165, 1.54) is 4.90 Å². The van der Waals surface area contributed by atoms with E-state index in [-0.39, 0.29) is 17.7 Å². The molecule has 136 valence electrons. The molecule has 1 fully saturated rings. The van der Waals surface area contributed by atoms with Gasteiger partial charge in [-0.25, -0.2) is 4.79 Å². The predicted octanol–water partition coefficient (Wildman–Crippen LogP) is 4.08. The second-order valence-electron chi connectivity index (χ2n) is 6.39. The van der Waals surface area contributed by atoms with Crippen molar-refractivity contribution in [1.29, 1.82) is 0 Å². The predicted molar refractivity (Wildman–Crippen MR) is 106 cm³/mol. The highest BCUT2D eigenvalue weighted by atomic mass is 32.2. The van der Waals surface area contributed by atoms with Gasteiger partial charge in [-0.05, 0) is 25.0 Å². The van der Waals surface area contributed by atoms with Crippen LogP contribution in [0, 0.1) is 5.92 Å². The zero-order valence-corrected chi connectivity index (χ0v) is 15.6. The van der Waals surface area contributed by atoms with E-state index in [2.05, 4.69) is 17.4 Å². The van der Waals surface area contributed by atoms with Gasteiger partial charge in [-0.15, -0.1) is 11.8 Å². The number of benzene rings is 2. The van der Waals surface area contributed by atoms with Gasteiger partial charge < -0.3 is 10.2 Å². The Bertz CT molecular complexity index is 713. The molecule has 4 nitrogen and oxygen atoms in total. The second kappa shape index (κ2) is 9.43. The Morgan fingerprint density at radius 3 is 2.23 bits per heavy atom. The molecule has 0 spiro atoms. The largest absolute Gasteiger partial charge is 0.337 e. The highest BCUT2D eigenvalue weighted by Crippen LogP contribution is 2.22. The van der Waals surface area contributed by atoms with Crippen molar-refractivity contribution in [2.75, 3.05) is 25.4 Å². The molecule has 1 heterocycles. The number of nitrogens with zero attached hydrogens (tertiary/aromatic N) is 1. The standard InChI is InChI=1S/C21H24N2O2S/c24-20(17-7-3-1-4-8-17)18-11-14-23(15-12-18)21(25)22-13-16-26-19-9-5-2-6-10-19/h1-10,18H,11-16H2,(H,22,25). The van der Waals surface area contributed by atoms with Crippen LogP contribution in [-0.2, 0) is 0 Å². The lowest BCUT2D eigenvalue weighted by Crippen LogP contribution is -2.46. The van der Waals surface area contributed by atoms with Crippen molar-refractivity contribution in [2.45, 2.75) is 17.7 Å². The minimum Gasteiger partial charge on any atom is -0.337 e. The third-order valence-electron chi connectivity index (χ3n) is 4.60. The van der Waals surface area contributed by atoms with Gasteiger partial charge in [-0.1, -0.05) is 48.5 Å². The van der Waals surface area contributed by atoms with E-state index >= 15 is 0 Å². The highest BCUT2D eigenvalue weighted by molar-refractivity contribution is 7.99. The molecular formula is C21H24N2O2S. The lowest BCUT2D eigenvalue weighted by molar-refractivity contribution is 0.0855. The van der Waals surface area contributed by atoms with E-state index in [1.807, 2.05) is 53.4 Å². The summed E-state index contributed by atoms with van der Waals surface area (Å²) in [7, 11) is 0. The zero-order chi connectivity index (χ0) is 18.2. The quantitative estimate of drug-likeness (QED) is 0.475. The highest BCUT2D eigenvalue weighted by Gasteiger charge is 2.27. The van der Waals surface area contributed by atoms with Crippen LogP contribution in [0.2, 0.25) is 0 Å². The smallest absolute Gasteiger partial charge is 0.317 e. The summed E-state index contributed by atoms with van der Waals surface area (Å²) in [4.78, 5) is 27.8. The van der Waals surface area contributed by atoms with Gasteiger partial charge >= 0.3 is 6.03 Å². The molecule has 1 N–H and O–H groups in total. The first-order chi connectivity index (χ1) is 12.7. The number of carbonyl (C=O) groups is 2. The van der Waals surface area contributed by atoms with Crippen LogP contribution < -0.4 is 5.32 Å². The van der Waals surface area contributed by atoms with Gasteiger partial charge in [0, 0.05) is 41.8 Å². The Morgan fingerprint density at radius 1 is 0.962 bits per heavy atom. The second-order valence-corrected chi connectivity index (χ2v) is 7.55. The number of carbonyl (C=O) groups excluding carboxylic acids is 2. The van der Waals surface area contributed by atoms with Crippen molar-refractivity contribution >= 4 is 23.6 Å². The Hall–Kier alpha value is -2.27. The minimum atomic E-state index is -0.0238. The normalized spacial score (nSPS) is 14.8. The van der Waals surface area contributed by atoms with Crippen molar-refractivity contribution < 1.29 is 9.59 Å². The molecule has 1 saturated heterocycles. The Labute approximate surface area is 159 Å². The third-order valence-corrected chi connectivity index (χ3v) is 5.62. The topological polar surface area (TPSA) is 49.4 Å². The van der Waals surface area contributed by atoms with E-state index in [4.69, 9.17) is 0 Å². The van der Waals surface area contributed by atoms with Crippen molar-refractivity contribution in [3.05, 3.63) is 66.2 Å². The van der Waals surface area contributed by atoms with Gasteiger partial charge in [0.1, 0.15) is 0 Å². The maximum absolute atomic E-state index is 12.5. The number of ketones is 1. The van der Waals surface area contributed by atoms with E-state index in [1.54, 1.807) is 11.8 Å². The summed E-state index contributed by atoms with van der Waals surface area (Å²) in [5.41, 5.74) is 0.772. The lowest BCUT2D eigenvalue weighted by Gasteiger charge is -2.31. The summed E-state index contributed by atoms with van der Waals surface area (Å²) in [5.74, 6) is 1.07. The monoisotopic (exact) mass is 368 g/mol. The van der Waals surface area contributed by atoms with Crippen LogP contribution >= 0.6 is 11.8 Å². The fourth-order valence-electron chi connectivity index (χ4n) is 3.14. The number of piperidine rings is 1. The molecule has 0 bridgehead atoms. The van der Waals surface area contributed by atoms with Crippen molar-refractivity contribution in [1.82, 2.24) is 10.2 Å². The fourth-order valence-corrected chi connectivity index (χ4v) is 3.93. The molecule has 2 amide bonds. The van der Waals surface area contributed by atoms with Crippen LogP contribution in [0.3, 0.4) is 0 Å². The number of likely N-dealkylation sites (tertiary alicyclic amines) is 1. The lowest BCUT2D eigenvalue weighted by atomic mass is 9.89. The SMILES string of the molecule is O=C(c1ccccc1)C1CCN(C(=O)NCCSc2ccccc2)CC1. The molecule has 1 aliphatic rings. The number of thioether (sulfide) groups is 1. The fraction of sp³-hybridized carbons (Fsp3) is 0.333. The molecule has 0 aliphatic carbocycles. The maximum Gasteiger partial charge on any atom is 0.317 e. The summed E-state index contributed by atoms with van der Waals surface area (Å²) >= 11 is 1.73. The van der Waals surface area contributed by atoms with E-state index in [9.17, 15) is 9.59 Å². The first-order valence-corrected chi connectivity index (χ1v) is 10.0. The van der Waals surface area contributed by atoms with Crippen LogP contribution in [0.5, 0.6) is 0 Å². The number of urea groups is 1. The van der Waals surface area contributed by atoms with Crippen LogP contribution in [0.25, 0.3) is 0 Å². The van der Waals surface area contributed by atoms with Crippen molar-refractivity contribution in [3.63, 3.8) is 0 Å². The first kappa shape index (κ1) is 18.5. The van der Waals surface area contributed by atoms with Gasteiger partial charge in [0.05, 0.1) is 0 Å². The van der Waals surface area contributed by atoms with Gasteiger partial charge in [0.15, 0.2) is 5.78 Å². The Balaban J connectivity index is 1.37. The van der Waals surface area contributed by atoms with Gasteiger partial charge in [-0.2, -0.15) is 0 Å². The molecule has 0 atom stereocenters. The maximum atomic E-state index is 12.5. The van der Waals surface area contributed by atoms with Gasteiger partial charge in [0.2, 0.25) is 0 Å². The number of hydrogen-bond acceptors (Lipinski definition) is 3.